The van der Waals surface area contributed by atoms with Crippen molar-refractivity contribution in [3.63, 3.8) is 0 Å². The molecule has 8 heteroatoms. The minimum Gasteiger partial charge on any atom is -0.493 e. The number of carbonyl (C=O) groups excluding carboxylic acids is 2. The first kappa shape index (κ1) is 24.1. The monoisotopic (exact) mass is 452 g/mol. The maximum Gasteiger partial charge on any atom is 0.255 e. The predicted molar refractivity (Wildman–Crippen MR) is 129 cm³/mol. The zero-order valence-electron chi connectivity index (χ0n) is 19.9. The summed E-state index contributed by atoms with van der Waals surface area (Å²) in [5.74, 6) is 1.83. The van der Waals surface area contributed by atoms with Gasteiger partial charge in [-0.05, 0) is 49.2 Å². The van der Waals surface area contributed by atoms with E-state index in [9.17, 15) is 9.59 Å². The van der Waals surface area contributed by atoms with E-state index in [1.807, 2.05) is 43.7 Å². The van der Waals surface area contributed by atoms with Gasteiger partial charge < -0.3 is 24.7 Å². The Kier molecular flexibility index (Phi) is 7.92. The Labute approximate surface area is 194 Å². The second kappa shape index (κ2) is 10.8. The number of aryl methyl sites for hydroxylation is 1. The van der Waals surface area contributed by atoms with Gasteiger partial charge in [-0.25, -0.2) is 4.98 Å². The number of methoxy groups -OCH3 is 2. The zero-order valence-corrected chi connectivity index (χ0v) is 19.9. The van der Waals surface area contributed by atoms with Crippen molar-refractivity contribution >= 4 is 28.5 Å². The van der Waals surface area contributed by atoms with Crippen molar-refractivity contribution in [3.8, 4) is 11.5 Å². The van der Waals surface area contributed by atoms with Gasteiger partial charge in [0, 0.05) is 37.2 Å². The molecule has 0 fully saturated rings. The van der Waals surface area contributed by atoms with E-state index < -0.39 is 0 Å². The van der Waals surface area contributed by atoms with Gasteiger partial charge in [0.1, 0.15) is 5.82 Å². The van der Waals surface area contributed by atoms with Crippen LogP contribution in [0.3, 0.4) is 0 Å². The van der Waals surface area contributed by atoms with Crippen molar-refractivity contribution < 1.29 is 19.1 Å². The second-order valence-corrected chi connectivity index (χ2v) is 7.87. The van der Waals surface area contributed by atoms with E-state index in [4.69, 9.17) is 14.5 Å². The van der Waals surface area contributed by atoms with Gasteiger partial charge in [0.25, 0.3) is 5.91 Å². The average Bonchev–Trinajstić information content (AvgIpc) is 3.13. The maximum absolute atomic E-state index is 12.7. The van der Waals surface area contributed by atoms with E-state index in [0.717, 1.165) is 29.7 Å². The lowest BCUT2D eigenvalue weighted by molar-refractivity contribution is -0.125. The van der Waals surface area contributed by atoms with Crippen molar-refractivity contribution in [3.05, 3.63) is 47.8 Å². The van der Waals surface area contributed by atoms with Crippen LogP contribution in [0.4, 0.5) is 5.69 Å². The first-order valence-corrected chi connectivity index (χ1v) is 11.2. The van der Waals surface area contributed by atoms with Crippen molar-refractivity contribution in [2.75, 3.05) is 26.1 Å². The lowest BCUT2D eigenvalue weighted by Gasteiger charge is -2.12. The summed E-state index contributed by atoms with van der Waals surface area (Å²) in [5.41, 5.74) is 2.85. The molecule has 1 aromatic heterocycles. The van der Waals surface area contributed by atoms with Crippen molar-refractivity contribution in [1.29, 1.82) is 0 Å². The minimum absolute atomic E-state index is 0.0577. The molecule has 0 atom stereocenters. The molecule has 1 heterocycles. The molecule has 33 heavy (non-hydrogen) atoms. The molecule has 176 valence electrons. The largest absolute Gasteiger partial charge is 0.493 e. The zero-order chi connectivity index (χ0) is 24.0. The van der Waals surface area contributed by atoms with Gasteiger partial charge in [-0.3, -0.25) is 9.59 Å². The van der Waals surface area contributed by atoms with Crippen LogP contribution >= 0.6 is 0 Å². The van der Waals surface area contributed by atoms with E-state index in [0.29, 0.717) is 35.7 Å². The number of amides is 2. The smallest absolute Gasteiger partial charge is 0.255 e. The minimum atomic E-state index is -0.254. The molecule has 0 aliphatic heterocycles. The molecule has 2 amide bonds. The van der Waals surface area contributed by atoms with Gasteiger partial charge in [-0.2, -0.15) is 0 Å². The Hall–Kier alpha value is -3.55. The summed E-state index contributed by atoms with van der Waals surface area (Å²) in [6, 6.07) is 10.6. The Morgan fingerprint density at radius 1 is 1.03 bits per heavy atom. The molecule has 0 radical (unpaired) electrons. The summed E-state index contributed by atoms with van der Waals surface area (Å²) in [5, 5.41) is 5.92. The molecule has 0 unspecified atom stereocenters. The fourth-order valence-electron chi connectivity index (χ4n) is 3.83. The summed E-state index contributed by atoms with van der Waals surface area (Å²) in [6.45, 7) is 4.59. The van der Waals surface area contributed by atoms with E-state index >= 15 is 0 Å². The summed E-state index contributed by atoms with van der Waals surface area (Å²) in [7, 11) is 5.04. The predicted octanol–water partition coefficient (Wildman–Crippen LogP) is 3.94. The van der Waals surface area contributed by atoms with Gasteiger partial charge in [0.2, 0.25) is 5.91 Å². The van der Waals surface area contributed by atoms with Crippen LogP contribution in [0, 0.1) is 5.92 Å². The summed E-state index contributed by atoms with van der Waals surface area (Å²) in [4.78, 5) is 29.6. The third-order valence-electron chi connectivity index (χ3n) is 5.88. The number of fused-ring (bicyclic) bond motifs is 1. The van der Waals surface area contributed by atoms with Crippen LogP contribution in [0.15, 0.2) is 36.4 Å². The first-order valence-electron chi connectivity index (χ1n) is 11.2. The maximum atomic E-state index is 12.7. The van der Waals surface area contributed by atoms with E-state index in [1.54, 1.807) is 25.3 Å². The molecular weight excluding hydrogens is 420 g/mol. The second-order valence-electron chi connectivity index (χ2n) is 7.87. The highest BCUT2D eigenvalue weighted by molar-refractivity contribution is 6.05. The number of aromatic nitrogens is 2. The highest BCUT2D eigenvalue weighted by Crippen LogP contribution is 2.28. The number of nitrogens with zero attached hydrogens (tertiary/aromatic N) is 2. The standard InChI is InChI=1S/C25H32N4O4/c1-6-16(7-2)24(30)26-13-12-23-28-19-15-18(9-10-20(19)29(23)3)27-25(31)17-8-11-21(32-4)22(14-17)33-5/h8-11,14-16H,6-7,12-13H2,1-5H3,(H,26,30)(H,27,31). The Bertz CT molecular complexity index is 1130. The fourth-order valence-corrected chi connectivity index (χ4v) is 3.83. The van der Waals surface area contributed by atoms with Gasteiger partial charge in [-0.15, -0.1) is 0 Å². The van der Waals surface area contributed by atoms with Crippen LogP contribution < -0.4 is 20.1 Å². The number of ether oxygens (including phenoxy) is 2. The van der Waals surface area contributed by atoms with Gasteiger partial charge >= 0.3 is 0 Å². The summed E-state index contributed by atoms with van der Waals surface area (Å²) >= 11 is 0. The van der Waals surface area contributed by atoms with Crippen LogP contribution in [0.1, 0.15) is 42.9 Å². The normalized spacial score (nSPS) is 11.0. The highest BCUT2D eigenvalue weighted by atomic mass is 16.5. The number of hydrogen-bond acceptors (Lipinski definition) is 5. The molecule has 0 saturated heterocycles. The SMILES string of the molecule is CCC(CC)C(=O)NCCc1nc2cc(NC(=O)c3ccc(OC)c(OC)c3)ccc2n1C. The van der Waals surface area contributed by atoms with E-state index in [-0.39, 0.29) is 17.7 Å². The summed E-state index contributed by atoms with van der Waals surface area (Å²) < 4.78 is 12.5. The first-order chi connectivity index (χ1) is 15.9. The van der Waals surface area contributed by atoms with Crippen molar-refractivity contribution in [2.45, 2.75) is 33.1 Å². The Morgan fingerprint density at radius 3 is 2.42 bits per heavy atom. The third-order valence-corrected chi connectivity index (χ3v) is 5.88. The quantitative estimate of drug-likeness (QED) is 0.486. The van der Waals surface area contributed by atoms with Crippen molar-refractivity contribution in [1.82, 2.24) is 14.9 Å². The number of imidazole rings is 1. The van der Waals surface area contributed by atoms with Gasteiger partial charge in [0.05, 0.1) is 25.3 Å². The van der Waals surface area contributed by atoms with Crippen LogP contribution in [0.2, 0.25) is 0 Å². The molecule has 8 nitrogen and oxygen atoms in total. The number of nitrogens with one attached hydrogen (secondary N) is 2. The van der Waals surface area contributed by atoms with Crippen LogP contribution in [-0.2, 0) is 18.3 Å². The third kappa shape index (κ3) is 5.45. The molecule has 2 N–H and O–H groups in total. The molecular formula is C25H32N4O4. The van der Waals surface area contributed by atoms with Crippen LogP contribution in [0.5, 0.6) is 11.5 Å². The topological polar surface area (TPSA) is 94.5 Å². The number of hydrogen-bond donors (Lipinski definition) is 2. The number of rotatable bonds is 10. The highest BCUT2D eigenvalue weighted by Gasteiger charge is 2.15. The lowest BCUT2D eigenvalue weighted by Crippen LogP contribution is -2.32. The molecule has 0 aliphatic carbocycles. The fraction of sp³-hybridized carbons (Fsp3) is 0.400. The average molecular weight is 453 g/mol. The molecule has 0 aliphatic rings. The summed E-state index contributed by atoms with van der Waals surface area (Å²) in [6.07, 6.45) is 2.31. The van der Waals surface area contributed by atoms with Gasteiger partial charge in [-0.1, -0.05) is 13.8 Å². The van der Waals surface area contributed by atoms with Crippen LogP contribution in [-0.4, -0.2) is 42.1 Å². The molecule has 3 rings (SSSR count). The Balaban J connectivity index is 1.70. The number of carbonyl (C=O) groups is 2. The number of anilines is 1. The molecule has 0 spiro atoms. The lowest BCUT2D eigenvalue weighted by atomic mass is 10.0. The Morgan fingerprint density at radius 2 is 1.76 bits per heavy atom. The van der Waals surface area contributed by atoms with Crippen LogP contribution in [0.25, 0.3) is 11.0 Å². The van der Waals surface area contributed by atoms with Gasteiger partial charge in [0.15, 0.2) is 11.5 Å². The molecule has 2 aromatic carbocycles. The van der Waals surface area contributed by atoms with E-state index in [1.165, 1.54) is 7.11 Å². The molecule has 0 saturated carbocycles. The van der Waals surface area contributed by atoms with E-state index in [2.05, 4.69) is 10.6 Å². The van der Waals surface area contributed by atoms with Crippen molar-refractivity contribution in [2.24, 2.45) is 13.0 Å². The number of benzene rings is 2. The molecule has 3 aromatic rings. The molecule has 0 bridgehead atoms.